The minimum absolute atomic E-state index is 0.159. The number of aryl methyl sites for hydroxylation is 1. The Morgan fingerprint density at radius 1 is 1.03 bits per heavy atom. The maximum atomic E-state index is 13.7. The number of benzene rings is 3. The van der Waals surface area contributed by atoms with Crippen LogP contribution in [-0.2, 0) is 16.0 Å². The highest BCUT2D eigenvalue weighted by molar-refractivity contribution is 6.35. The summed E-state index contributed by atoms with van der Waals surface area (Å²) in [7, 11) is 3.92. The number of nitrogens with zero attached hydrogens (tertiary/aromatic N) is 3. The molecule has 1 N–H and O–H groups in total. The lowest BCUT2D eigenvalue weighted by atomic mass is 10.0. The minimum Gasteiger partial charge on any atom is -0.327 e. The van der Waals surface area contributed by atoms with Gasteiger partial charge in [0, 0.05) is 40.7 Å². The van der Waals surface area contributed by atoms with Gasteiger partial charge in [-0.2, -0.15) is 0 Å². The predicted molar refractivity (Wildman–Crippen MR) is 146 cm³/mol. The molecule has 0 aliphatic carbocycles. The molecule has 0 bridgehead atoms. The van der Waals surface area contributed by atoms with Crippen LogP contribution in [0.25, 0.3) is 0 Å². The second-order valence-corrected chi connectivity index (χ2v) is 9.70. The van der Waals surface area contributed by atoms with Crippen molar-refractivity contribution in [2.75, 3.05) is 32.1 Å². The summed E-state index contributed by atoms with van der Waals surface area (Å²) in [6.45, 7) is 1.13. The molecule has 0 radical (unpaired) electrons. The number of para-hydroxylation sites is 1. The normalized spacial score (nSPS) is 15.4. The lowest BCUT2D eigenvalue weighted by Gasteiger charge is -2.26. The van der Waals surface area contributed by atoms with E-state index in [0.717, 1.165) is 22.4 Å². The predicted octanol–water partition coefficient (Wildman–Crippen LogP) is 4.81. The molecule has 0 unspecified atom stereocenters. The van der Waals surface area contributed by atoms with Gasteiger partial charge in [0.15, 0.2) is 0 Å². The highest BCUT2D eigenvalue weighted by atomic mass is 35.5. The number of hydrogen-bond donors (Lipinski definition) is 1. The monoisotopic (exact) mass is 522 g/mol. The van der Waals surface area contributed by atoms with Crippen molar-refractivity contribution in [2.45, 2.75) is 19.0 Å². The SMILES string of the molecule is CN(C)CCN1C(=O)[C@H](NC(=O)CCc2ccc(Cl)cc2Cl)N=C(c2ccccc2)c2ccccc21. The van der Waals surface area contributed by atoms with Gasteiger partial charge in [-0.1, -0.05) is 77.8 Å². The molecule has 0 saturated carbocycles. The van der Waals surface area contributed by atoms with E-state index in [4.69, 9.17) is 28.2 Å². The van der Waals surface area contributed by atoms with E-state index in [0.29, 0.717) is 35.3 Å². The average Bonchev–Trinajstić information content (AvgIpc) is 2.97. The minimum atomic E-state index is -1.05. The molecule has 0 aromatic heterocycles. The Labute approximate surface area is 221 Å². The Morgan fingerprint density at radius 3 is 2.47 bits per heavy atom. The van der Waals surface area contributed by atoms with Crippen LogP contribution < -0.4 is 10.2 Å². The van der Waals surface area contributed by atoms with E-state index >= 15 is 0 Å². The van der Waals surface area contributed by atoms with Crippen molar-refractivity contribution in [2.24, 2.45) is 4.99 Å². The number of aliphatic imine (C=N–C) groups is 1. The molecule has 0 spiro atoms. The molecule has 1 heterocycles. The topological polar surface area (TPSA) is 65.0 Å². The standard InChI is InChI=1S/C28H28Cl2N4O2/c1-33(2)16-17-34-24-11-7-6-10-22(24)26(20-8-4-3-5-9-20)32-27(28(34)36)31-25(35)15-13-19-12-14-21(29)18-23(19)30/h3-12,14,18,27H,13,15-17H2,1-2H3,(H,31,35)/t27-/m1/s1. The zero-order valence-corrected chi connectivity index (χ0v) is 21.8. The third kappa shape index (κ3) is 6.13. The van der Waals surface area contributed by atoms with Gasteiger partial charge >= 0.3 is 0 Å². The van der Waals surface area contributed by atoms with E-state index in [1.165, 1.54) is 0 Å². The molecule has 36 heavy (non-hydrogen) atoms. The third-order valence-electron chi connectivity index (χ3n) is 5.96. The summed E-state index contributed by atoms with van der Waals surface area (Å²) in [5.41, 5.74) is 3.98. The molecule has 2 amide bonds. The molecular formula is C28H28Cl2N4O2. The van der Waals surface area contributed by atoms with Crippen LogP contribution in [0.1, 0.15) is 23.1 Å². The highest BCUT2D eigenvalue weighted by Gasteiger charge is 2.32. The fourth-order valence-electron chi connectivity index (χ4n) is 4.08. The number of benzodiazepines with no additional fused rings is 1. The number of anilines is 1. The Morgan fingerprint density at radius 2 is 1.75 bits per heavy atom. The molecule has 186 valence electrons. The van der Waals surface area contributed by atoms with Crippen molar-refractivity contribution >= 4 is 46.4 Å². The Bertz CT molecular complexity index is 1280. The molecule has 1 aliphatic heterocycles. The number of rotatable bonds is 8. The second-order valence-electron chi connectivity index (χ2n) is 8.86. The quantitative estimate of drug-likeness (QED) is 0.461. The van der Waals surface area contributed by atoms with Crippen LogP contribution in [-0.4, -0.2) is 55.8 Å². The first-order valence-electron chi connectivity index (χ1n) is 11.8. The number of amides is 2. The van der Waals surface area contributed by atoms with E-state index in [1.807, 2.05) is 73.6 Å². The van der Waals surface area contributed by atoms with Crippen LogP contribution in [0.5, 0.6) is 0 Å². The zero-order chi connectivity index (χ0) is 25.7. The summed E-state index contributed by atoms with van der Waals surface area (Å²) in [5.74, 6) is -0.554. The van der Waals surface area contributed by atoms with Crippen molar-refractivity contribution < 1.29 is 9.59 Å². The van der Waals surface area contributed by atoms with Crippen molar-refractivity contribution in [3.05, 3.63) is 99.5 Å². The third-order valence-corrected chi connectivity index (χ3v) is 6.55. The molecule has 3 aromatic carbocycles. The van der Waals surface area contributed by atoms with E-state index in [9.17, 15) is 9.59 Å². The van der Waals surface area contributed by atoms with Gasteiger partial charge in [0.1, 0.15) is 0 Å². The van der Waals surface area contributed by atoms with Crippen LogP contribution in [0, 0.1) is 0 Å². The van der Waals surface area contributed by atoms with Crippen LogP contribution in [0.2, 0.25) is 10.0 Å². The Hall–Kier alpha value is -3.19. The van der Waals surface area contributed by atoms with Crippen molar-refractivity contribution in [1.82, 2.24) is 10.2 Å². The fraction of sp³-hybridized carbons (Fsp3) is 0.250. The van der Waals surface area contributed by atoms with Crippen molar-refractivity contribution in [1.29, 1.82) is 0 Å². The lowest BCUT2D eigenvalue weighted by Crippen LogP contribution is -2.49. The van der Waals surface area contributed by atoms with E-state index in [2.05, 4.69) is 5.32 Å². The number of nitrogens with one attached hydrogen (secondary N) is 1. The first kappa shape index (κ1) is 25.9. The van der Waals surface area contributed by atoms with Crippen LogP contribution in [0.3, 0.4) is 0 Å². The smallest absolute Gasteiger partial charge is 0.272 e. The van der Waals surface area contributed by atoms with Crippen LogP contribution >= 0.6 is 23.2 Å². The zero-order valence-electron chi connectivity index (χ0n) is 20.2. The molecule has 1 aliphatic rings. The summed E-state index contributed by atoms with van der Waals surface area (Å²) in [4.78, 5) is 35.3. The number of likely N-dealkylation sites (N-methyl/N-ethyl adjacent to an activating group) is 1. The Kier molecular flexibility index (Phi) is 8.41. The lowest BCUT2D eigenvalue weighted by molar-refractivity contribution is -0.127. The summed E-state index contributed by atoms with van der Waals surface area (Å²) >= 11 is 12.2. The van der Waals surface area contributed by atoms with Gasteiger partial charge in [-0.3, -0.25) is 9.59 Å². The fourth-order valence-corrected chi connectivity index (χ4v) is 4.58. The number of halogens is 2. The van der Waals surface area contributed by atoms with Gasteiger partial charge < -0.3 is 15.1 Å². The summed E-state index contributed by atoms with van der Waals surface area (Å²) in [5, 5.41) is 3.91. The van der Waals surface area contributed by atoms with Gasteiger partial charge in [-0.25, -0.2) is 4.99 Å². The van der Waals surface area contributed by atoms with Crippen LogP contribution in [0.4, 0.5) is 5.69 Å². The Balaban J connectivity index is 1.64. The maximum Gasteiger partial charge on any atom is 0.272 e. The first-order valence-corrected chi connectivity index (χ1v) is 12.5. The van der Waals surface area contributed by atoms with Gasteiger partial charge in [0.2, 0.25) is 12.1 Å². The number of hydrogen-bond acceptors (Lipinski definition) is 4. The van der Waals surface area contributed by atoms with Crippen LogP contribution in [0.15, 0.2) is 77.8 Å². The van der Waals surface area contributed by atoms with Crippen molar-refractivity contribution in [3.8, 4) is 0 Å². The number of carbonyl (C=O) groups is 2. The summed E-state index contributed by atoms with van der Waals surface area (Å²) in [6.07, 6.45) is -0.475. The second kappa shape index (κ2) is 11.7. The van der Waals surface area contributed by atoms with Gasteiger partial charge in [0.05, 0.1) is 11.4 Å². The molecule has 3 aromatic rings. The number of fused-ring (bicyclic) bond motifs is 1. The van der Waals surface area contributed by atoms with E-state index in [-0.39, 0.29) is 18.2 Å². The van der Waals surface area contributed by atoms with Gasteiger partial charge in [-0.05, 0) is 44.3 Å². The van der Waals surface area contributed by atoms with E-state index in [1.54, 1.807) is 23.1 Å². The molecule has 0 fully saturated rings. The average molecular weight is 523 g/mol. The highest BCUT2D eigenvalue weighted by Crippen LogP contribution is 2.28. The molecular weight excluding hydrogens is 495 g/mol. The van der Waals surface area contributed by atoms with Crippen molar-refractivity contribution in [3.63, 3.8) is 0 Å². The molecule has 0 saturated heterocycles. The first-order chi connectivity index (χ1) is 17.3. The maximum absolute atomic E-state index is 13.7. The number of carbonyl (C=O) groups excluding carboxylic acids is 2. The largest absolute Gasteiger partial charge is 0.327 e. The van der Waals surface area contributed by atoms with Gasteiger partial charge in [0.25, 0.3) is 5.91 Å². The molecule has 6 nitrogen and oxygen atoms in total. The summed E-state index contributed by atoms with van der Waals surface area (Å²) in [6, 6.07) is 22.6. The molecule has 8 heteroatoms. The van der Waals surface area contributed by atoms with Gasteiger partial charge in [-0.15, -0.1) is 0 Å². The molecule has 4 rings (SSSR count). The molecule has 1 atom stereocenters. The van der Waals surface area contributed by atoms with E-state index < -0.39 is 6.17 Å². The summed E-state index contributed by atoms with van der Waals surface area (Å²) < 4.78 is 0.